The fraction of sp³-hybridized carbons (Fsp3) is 0.400. The van der Waals surface area contributed by atoms with E-state index in [4.69, 9.17) is 0 Å². The van der Waals surface area contributed by atoms with Crippen LogP contribution in [-0.2, 0) is 4.74 Å². The second-order valence-corrected chi connectivity index (χ2v) is 3.31. The summed E-state index contributed by atoms with van der Waals surface area (Å²) in [7, 11) is 0. The molecule has 1 N–H and O–H groups in total. The van der Waals surface area contributed by atoms with E-state index in [1.807, 2.05) is 0 Å². The number of alkyl halides is 5. The first-order chi connectivity index (χ1) is 9.17. The van der Waals surface area contributed by atoms with Gasteiger partial charge in [-0.15, -0.1) is 13.2 Å². The molecule has 0 bridgehead atoms. The molecule has 0 saturated carbocycles. The molecule has 10 heteroatoms. The Hall–Kier alpha value is -2.13. The number of ether oxygens (including phenoxy) is 2. The summed E-state index contributed by atoms with van der Waals surface area (Å²) in [4.78, 5) is 14.3. The van der Waals surface area contributed by atoms with Crippen LogP contribution in [0.4, 0.5) is 22.0 Å². The maximum atomic E-state index is 12.8. The second-order valence-electron chi connectivity index (χ2n) is 3.31. The summed E-state index contributed by atoms with van der Waals surface area (Å²) >= 11 is 0. The molecular weight excluding hydrogens is 293 g/mol. The van der Waals surface area contributed by atoms with Crippen LogP contribution in [0, 0.1) is 0 Å². The van der Waals surface area contributed by atoms with Gasteiger partial charge in [0.15, 0.2) is 5.75 Å². The van der Waals surface area contributed by atoms with Gasteiger partial charge in [-0.05, 0) is 6.92 Å². The van der Waals surface area contributed by atoms with Crippen LogP contribution in [0.1, 0.15) is 29.3 Å². The molecule has 5 nitrogen and oxygen atoms in total. The maximum Gasteiger partial charge on any atom is 0.574 e. The van der Waals surface area contributed by atoms with E-state index in [1.165, 1.54) is 6.92 Å². The summed E-state index contributed by atoms with van der Waals surface area (Å²) in [6.45, 7) is 1.25. The average molecular weight is 301 g/mol. The van der Waals surface area contributed by atoms with Gasteiger partial charge in [-0.25, -0.2) is 18.6 Å². The summed E-state index contributed by atoms with van der Waals surface area (Å²) in [5.74, 6) is -4.28. The van der Waals surface area contributed by atoms with E-state index >= 15 is 0 Å². The largest absolute Gasteiger partial charge is 0.574 e. The first-order valence-electron chi connectivity index (χ1n) is 5.10. The van der Waals surface area contributed by atoms with E-state index < -0.39 is 41.5 Å². The molecule has 1 aromatic heterocycles. The van der Waals surface area contributed by atoms with Crippen LogP contribution < -0.4 is 4.74 Å². The van der Waals surface area contributed by atoms with Crippen LogP contribution in [-0.4, -0.2) is 29.0 Å². The highest BCUT2D eigenvalue weighted by molar-refractivity contribution is 5.91. The van der Waals surface area contributed by atoms with Crippen molar-refractivity contribution in [2.45, 2.75) is 19.7 Å². The summed E-state index contributed by atoms with van der Waals surface area (Å²) in [5.41, 5.74) is -2.17. The van der Waals surface area contributed by atoms with Crippen LogP contribution in [0.2, 0.25) is 0 Å². The zero-order valence-electron chi connectivity index (χ0n) is 9.87. The van der Waals surface area contributed by atoms with Crippen LogP contribution in [0.5, 0.6) is 11.6 Å². The van der Waals surface area contributed by atoms with Crippen molar-refractivity contribution in [3.63, 3.8) is 0 Å². The SMILES string of the molecule is CCOC(=O)c1cnc(OC(F)(F)F)c(O)c1C(F)F. The third-order valence-corrected chi connectivity index (χ3v) is 1.98. The lowest BCUT2D eigenvalue weighted by Gasteiger charge is -2.14. The molecule has 1 rings (SSSR count). The van der Waals surface area contributed by atoms with Gasteiger partial charge in [0.05, 0.1) is 17.7 Å². The van der Waals surface area contributed by atoms with Gasteiger partial charge in [0, 0.05) is 6.20 Å². The Labute approximate surface area is 108 Å². The Balaban J connectivity index is 3.31. The second kappa shape index (κ2) is 5.88. The summed E-state index contributed by atoms with van der Waals surface area (Å²) in [5, 5.41) is 9.35. The van der Waals surface area contributed by atoms with Crippen LogP contribution in [0.25, 0.3) is 0 Å². The normalized spacial score (nSPS) is 11.6. The minimum absolute atomic E-state index is 0.150. The number of carbonyl (C=O) groups excluding carboxylic acids is 1. The Kier molecular flexibility index (Phi) is 4.69. The molecular formula is C10H8F5NO4. The standard InChI is InChI=1S/C10H8F5NO4/c1-2-19-9(18)4-3-16-8(20-10(13,14)15)6(17)5(4)7(11)12/h3,7,17H,2H2,1H3. The van der Waals surface area contributed by atoms with Gasteiger partial charge < -0.3 is 14.6 Å². The Morgan fingerprint density at radius 2 is 2.05 bits per heavy atom. The quantitative estimate of drug-likeness (QED) is 0.684. The Morgan fingerprint density at radius 1 is 1.45 bits per heavy atom. The number of pyridine rings is 1. The van der Waals surface area contributed by atoms with E-state index in [0.717, 1.165) is 0 Å². The fourth-order valence-corrected chi connectivity index (χ4v) is 1.27. The highest BCUT2D eigenvalue weighted by atomic mass is 19.4. The number of carbonyl (C=O) groups is 1. The average Bonchev–Trinajstić information content (AvgIpc) is 2.29. The third kappa shape index (κ3) is 3.68. The zero-order chi connectivity index (χ0) is 15.5. The first-order valence-corrected chi connectivity index (χ1v) is 5.10. The predicted molar refractivity (Wildman–Crippen MR) is 53.5 cm³/mol. The lowest BCUT2D eigenvalue weighted by atomic mass is 10.1. The van der Waals surface area contributed by atoms with Crippen LogP contribution in [0.3, 0.4) is 0 Å². The minimum Gasteiger partial charge on any atom is -0.503 e. The molecule has 1 heterocycles. The number of halogens is 5. The topological polar surface area (TPSA) is 68.7 Å². The molecule has 0 saturated heterocycles. The minimum atomic E-state index is -5.23. The van der Waals surface area contributed by atoms with Crippen molar-refractivity contribution in [1.82, 2.24) is 4.98 Å². The zero-order valence-corrected chi connectivity index (χ0v) is 9.87. The van der Waals surface area contributed by atoms with Crippen LogP contribution in [0.15, 0.2) is 6.20 Å². The number of hydrogen-bond donors (Lipinski definition) is 1. The molecule has 0 aliphatic heterocycles. The maximum absolute atomic E-state index is 12.8. The predicted octanol–water partition coefficient (Wildman–Crippen LogP) is 2.80. The molecule has 20 heavy (non-hydrogen) atoms. The molecule has 0 spiro atoms. The van der Waals surface area contributed by atoms with Gasteiger partial charge in [0.1, 0.15) is 0 Å². The van der Waals surface area contributed by atoms with Crippen molar-refractivity contribution < 1.29 is 41.3 Å². The Bertz CT molecular complexity index is 503. The third-order valence-electron chi connectivity index (χ3n) is 1.98. The van der Waals surface area contributed by atoms with Gasteiger partial charge in [-0.1, -0.05) is 0 Å². The molecule has 112 valence electrons. The molecule has 0 unspecified atom stereocenters. The molecule has 0 amide bonds. The van der Waals surface area contributed by atoms with Gasteiger partial charge in [-0.2, -0.15) is 0 Å². The van der Waals surface area contributed by atoms with E-state index in [9.17, 15) is 31.9 Å². The van der Waals surface area contributed by atoms with Crippen molar-refractivity contribution in [2.75, 3.05) is 6.61 Å². The number of aromatic nitrogens is 1. The van der Waals surface area contributed by atoms with Crippen molar-refractivity contribution >= 4 is 5.97 Å². The summed E-state index contributed by atoms with van der Waals surface area (Å²) in [6.07, 6.45) is -8.23. The molecule has 0 radical (unpaired) electrons. The lowest BCUT2D eigenvalue weighted by Crippen LogP contribution is -2.19. The van der Waals surface area contributed by atoms with Gasteiger partial charge >= 0.3 is 12.3 Å². The van der Waals surface area contributed by atoms with Gasteiger partial charge in [0.2, 0.25) is 0 Å². The smallest absolute Gasteiger partial charge is 0.503 e. The van der Waals surface area contributed by atoms with E-state index in [2.05, 4.69) is 14.5 Å². The molecule has 0 atom stereocenters. The van der Waals surface area contributed by atoms with Crippen molar-refractivity contribution in [1.29, 1.82) is 0 Å². The number of rotatable bonds is 4. The molecule has 0 aliphatic rings. The number of esters is 1. The van der Waals surface area contributed by atoms with Crippen LogP contribution >= 0.6 is 0 Å². The lowest BCUT2D eigenvalue weighted by molar-refractivity contribution is -0.276. The number of hydrogen-bond acceptors (Lipinski definition) is 5. The van der Waals surface area contributed by atoms with Crippen molar-refractivity contribution in [3.05, 3.63) is 17.3 Å². The van der Waals surface area contributed by atoms with Gasteiger partial charge in [-0.3, -0.25) is 0 Å². The fourth-order valence-electron chi connectivity index (χ4n) is 1.27. The number of aromatic hydroxyl groups is 1. The summed E-state index contributed by atoms with van der Waals surface area (Å²) < 4.78 is 69.2. The molecule has 0 aromatic carbocycles. The molecule has 0 aliphatic carbocycles. The van der Waals surface area contributed by atoms with Gasteiger partial charge in [0.25, 0.3) is 12.3 Å². The van der Waals surface area contributed by atoms with Crippen molar-refractivity contribution in [2.24, 2.45) is 0 Å². The number of nitrogens with zero attached hydrogens (tertiary/aromatic N) is 1. The van der Waals surface area contributed by atoms with E-state index in [-0.39, 0.29) is 6.61 Å². The highest BCUT2D eigenvalue weighted by Crippen LogP contribution is 2.39. The Morgan fingerprint density at radius 3 is 2.50 bits per heavy atom. The summed E-state index contributed by atoms with van der Waals surface area (Å²) in [6, 6.07) is 0. The van der Waals surface area contributed by atoms with E-state index in [0.29, 0.717) is 6.20 Å². The monoisotopic (exact) mass is 301 g/mol. The van der Waals surface area contributed by atoms with E-state index in [1.54, 1.807) is 0 Å². The first kappa shape index (κ1) is 15.9. The van der Waals surface area contributed by atoms with Crippen molar-refractivity contribution in [3.8, 4) is 11.6 Å². The highest BCUT2D eigenvalue weighted by Gasteiger charge is 2.35. The molecule has 1 aromatic rings. The molecule has 0 fully saturated rings.